The molecule has 0 spiro atoms. The monoisotopic (exact) mass is 215 g/mol. The van der Waals surface area contributed by atoms with Gasteiger partial charge in [-0.1, -0.05) is 11.8 Å². The number of amidine groups is 1. The normalized spacial score (nSPS) is 15.8. The Labute approximate surface area is 89.2 Å². The van der Waals surface area contributed by atoms with E-state index in [-0.39, 0.29) is 0 Å². The molecule has 4 nitrogen and oxygen atoms in total. The molecule has 0 fully saturated rings. The maximum atomic E-state index is 5.58. The number of nitrogens with zero attached hydrogens (tertiary/aromatic N) is 2. The molecule has 0 atom stereocenters. The smallest absolute Gasteiger partial charge is 0.182 e. The third-order valence-electron chi connectivity index (χ3n) is 1.88. The summed E-state index contributed by atoms with van der Waals surface area (Å²) < 4.78 is 4.97. The van der Waals surface area contributed by atoms with E-state index in [4.69, 9.17) is 10.5 Å². The van der Waals surface area contributed by atoms with Crippen molar-refractivity contribution < 1.29 is 4.74 Å². The second-order valence-electron chi connectivity index (χ2n) is 3.06. The van der Waals surface area contributed by atoms with Crippen molar-refractivity contribution in [1.29, 1.82) is 0 Å². The first kappa shape index (κ1) is 11.4. The summed E-state index contributed by atoms with van der Waals surface area (Å²) in [5.74, 6) is 0. The molecule has 1 rings (SSSR count). The molecule has 0 bridgehead atoms. The zero-order chi connectivity index (χ0) is 10.2. The van der Waals surface area contributed by atoms with Crippen LogP contribution in [0.5, 0.6) is 0 Å². The van der Waals surface area contributed by atoms with Gasteiger partial charge in [-0.25, -0.2) is 0 Å². The van der Waals surface area contributed by atoms with Crippen molar-refractivity contribution in [1.82, 2.24) is 5.01 Å². The van der Waals surface area contributed by atoms with Crippen LogP contribution < -0.4 is 5.73 Å². The molecule has 80 valence electrons. The third kappa shape index (κ3) is 4.53. The standard InChI is InChI=1S/C9H17N3OS/c1-13-7-4-2-3-5-12-6-8-14-9(10)11-12/h6,8H,2-5,7H2,1H3,(H2,10,11). The lowest BCUT2D eigenvalue weighted by molar-refractivity contribution is 0.191. The Morgan fingerprint density at radius 3 is 3.07 bits per heavy atom. The SMILES string of the molecule is COCCCCCN1C=CSC(N)=N1. The van der Waals surface area contributed by atoms with Gasteiger partial charge in [0.15, 0.2) is 5.17 Å². The van der Waals surface area contributed by atoms with Gasteiger partial charge in [-0.3, -0.25) is 5.01 Å². The van der Waals surface area contributed by atoms with Crippen LogP contribution in [0.4, 0.5) is 0 Å². The molecule has 0 radical (unpaired) electrons. The number of hydrogen-bond acceptors (Lipinski definition) is 5. The quantitative estimate of drug-likeness (QED) is 0.683. The summed E-state index contributed by atoms with van der Waals surface area (Å²) >= 11 is 1.45. The second-order valence-corrected chi connectivity index (χ2v) is 3.98. The molecule has 0 aromatic carbocycles. The van der Waals surface area contributed by atoms with E-state index < -0.39 is 0 Å². The van der Waals surface area contributed by atoms with Gasteiger partial charge in [-0.05, 0) is 24.7 Å². The Kier molecular flexibility index (Phi) is 5.47. The minimum atomic E-state index is 0.615. The summed E-state index contributed by atoms with van der Waals surface area (Å²) in [4.78, 5) is 0. The van der Waals surface area contributed by atoms with Gasteiger partial charge in [0.1, 0.15) is 0 Å². The fourth-order valence-electron chi connectivity index (χ4n) is 1.18. The molecular formula is C9H17N3OS. The van der Waals surface area contributed by atoms with Crippen LogP contribution >= 0.6 is 11.8 Å². The topological polar surface area (TPSA) is 50.9 Å². The highest BCUT2D eigenvalue weighted by atomic mass is 32.2. The van der Waals surface area contributed by atoms with E-state index in [0.717, 1.165) is 26.0 Å². The Morgan fingerprint density at radius 1 is 1.50 bits per heavy atom. The number of nitrogens with two attached hydrogens (primary N) is 1. The summed E-state index contributed by atoms with van der Waals surface area (Å²) in [5.41, 5.74) is 5.58. The zero-order valence-electron chi connectivity index (χ0n) is 8.48. The Hall–Kier alpha value is -0.680. The van der Waals surface area contributed by atoms with Gasteiger partial charge in [-0.2, -0.15) is 0 Å². The van der Waals surface area contributed by atoms with Crippen molar-refractivity contribution in [2.24, 2.45) is 10.8 Å². The van der Waals surface area contributed by atoms with Crippen molar-refractivity contribution >= 4 is 16.9 Å². The largest absolute Gasteiger partial charge is 0.385 e. The fraction of sp³-hybridized carbons (Fsp3) is 0.667. The molecule has 0 aromatic rings. The lowest BCUT2D eigenvalue weighted by Crippen LogP contribution is -2.20. The van der Waals surface area contributed by atoms with E-state index in [0.29, 0.717) is 5.17 Å². The summed E-state index contributed by atoms with van der Waals surface area (Å²) in [6.45, 7) is 1.78. The lowest BCUT2D eigenvalue weighted by atomic mass is 10.2. The molecule has 0 unspecified atom stereocenters. The summed E-state index contributed by atoms with van der Waals surface area (Å²) in [7, 11) is 1.73. The van der Waals surface area contributed by atoms with Gasteiger partial charge < -0.3 is 10.5 Å². The highest BCUT2D eigenvalue weighted by Crippen LogP contribution is 2.11. The van der Waals surface area contributed by atoms with Gasteiger partial charge in [0.05, 0.1) is 0 Å². The van der Waals surface area contributed by atoms with Crippen molar-refractivity contribution in [3.63, 3.8) is 0 Å². The summed E-state index contributed by atoms with van der Waals surface area (Å²) in [6.07, 6.45) is 5.36. The number of rotatable bonds is 6. The first-order valence-electron chi connectivity index (χ1n) is 4.76. The van der Waals surface area contributed by atoms with Crippen LogP contribution in [0.2, 0.25) is 0 Å². The molecule has 0 aliphatic carbocycles. The van der Waals surface area contributed by atoms with E-state index in [1.54, 1.807) is 7.11 Å². The Morgan fingerprint density at radius 2 is 2.36 bits per heavy atom. The Bertz CT molecular complexity index is 218. The Balaban J connectivity index is 2.06. The van der Waals surface area contributed by atoms with Crippen molar-refractivity contribution in [2.75, 3.05) is 20.3 Å². The molecule has 1 aliphatic heterocycles. The minimum Gasteiger partial charge on any atom is -0.385 e. The van der Waals surface area contributed by atoms with Gasteiger partial charge in [0.25, 0.3) is 0 Å². The molecule has 2 N–H and O–H groups in total. The predicted molar refractivity (Wildman–Crippen MR) is 60.8 cm³/mol. The third-order valence-corrected chi connectivity index (χ3v) is 2.47. The van der Waals surface area contributed by atoms with Crippen molar-refractivity contribution in [3.05, 3.63) is 11.6 Å². The maximum absolute atomic E-state index is 5.58. The molecule has 1 aliphatic rings. The van der Waals surface area contributed by atoms with Crippen molar-refractivity contribution in [3.8, 4) is 0 Å². The molecule has 5 heteroatoms. The molecule has 0 saturated heterocycles. The van der Waals surface area contributed by atoms with Gasteiger partial charge in [0, 0.05) is 26.5 Å². The van der Waals surface area contributed by atoms with Crippen LogP contribution in [0.1, 0.15) is 19.3 Å². The molecule has 0 saturated carbocycles. The zero-order valence-corrected chi connectivity index (χ0v) is 9.30. The average Bonchev–Trinajstić information content (AvgIpc) is 2.18. The van der Waals surface area contributed by atoms with E-state index >= 15 is 0 Å². The number of thioether (sulfide) groups is 1. The average molecular weight is 215 g/mol. The molecule has 0 amide bonds. The minimum absolute atomic E-state index is 0.615. The second kappa shape index (κ2) is 6.73. The van der Waals surface area contributed by atoms with Crippen LogP contribution in [0.25, 0.3) is 0 Å². The van der Waals surface area contributed by atoms with Crippen molar-refractivity contribution in [2.45, 2.75) is 19.3 Å². The van der Waals surface area contributed by atoms with Crippen LogP contribution in [-0.4, -0.2) is 30.4 Å². The summed E-state index contributed by atoms with van der Waals surface area (Å²) in [5, 5.41) is 8.63. The van der Waals surface area contributed by atoms with Gasteiger partial charge in [-0.15, -0.1) is 5.10 Å². The molecule has 1 heterocycles. The number of hydrogen-bond donors (Lipinski definition) is 1. The molecule has 14 heavy (non-hydrogen) atoms. The van der Waals surface area contributed by atoms with Crippen LogP contribution in [0, 0.1) is 0 Å². The number of unbranched alkanes of at least 4 members (excludes halogenated alkanes) is 2. The predicted octanol–water partition coefficient (Wildman–Crippen LogP) is 1.55. The first-order valence-corrected chi connectivity index (χ1v) is 5.64. The fourth-order valence-corrected chi connectivity index (χ4v) is 1.67. The van der Waals surface area contributed by atoms with Crippen LogP contribution in [-0.2, 0) is 4.74 Å². The number of ether oxygens (including phenoxy) is 1. The first-order chi connectivity index (χ1) is 6.83. The number of hydrazone groups is 1. The highest BCUT2D eigenvalue weighted by Gasteiger charge is 2.03. The molecular weight excluding hydrogens is 198 g/mol. The summed E-state index contributed by atoms with van der Waals surface area (Å²) in [6, 6.07) is 0. The highest BCUT2D eigenvalue weighted by molar-refractivity contribution is 8.16. The van der Waals surface area contributed by atoms with Gasteiger partial charge in [0.2, 0.25) is 0 Å². The van der Waals surface area contributed by atoms with E-state index in [2.05, 4.69) is 5.10 Å². The maximum Gasteiger partial charge on any atom is 0.182 e. The lowest BCUT2D eigenvalue weighted by Gasteiger charge is -2.17. The van der Waals surface area contributed by atoms with Gasteiger partial charge >= 0.3 is 0 Å². The van der Waals surface area contributed by atoms with E-state index in [9.17, 15) is 0 Å². The van der Waals surface area contributed by atoms with E-state index in [1.807, 2.05) is 16.6 Å². The van der Waals surface area contributed by atoms with Crippen LogP contribution in [0.15, 0.2) is 16.7 Å². The van der Waals surface area contributed by atoms with Crippen LogP contribution in [0.3, 0.4) is 0 Å². The molecule has 0 aromatic heterocycles. The number of methoxy groups -OCH3 is 1. The van der Waals surface area contributed by atoms with E-state index in [1.165, 1.54) is 18.2 Å².